The van der Waals surface area contributed by atoms with E-state index >= 15 is 0 Å². The molecule has 1 fully saturated rings. The summed E-state index contributed by atoms with van der Waals surface area (Å²) in [6.45, 7) is 9.39. The molecule has 1 saturated heterocycles. The average molecular weight is 375 g/mol. The zero-order valence-corrected chi connectivity index (χ0v) is 16.3. The van der Waals surface area contributed by atoms with Crippen LogP contribution in [-0.2, 0) is 14.8 Å². The summed E-state index contributed by atoms with van der Waals surface area (Å²) in [5.41, 5.74) is 3.27. The predicted molar refractivity (Wildman–Crippen MR) is 104 cm³/mol. The first-order valence-electron chi connectivity index (χ1n) is 8.93. The molecule has 1 unspecified atom stereocenters. The van der Waals surface area contributed by atoms with Crippen molar-refractivity contribution >= 4 is 15.7 Å². The number of sulfonamides is 1. The van der Waals surface area contributed by atoms with Crippen molar-refractivity contribution in [2.75, 3.05) is 31.0 Å². The van der Waals surface area contributed by atoms with Gasteiger partial charge < -0.3 is 4.74 Å². The summed E-state index contributed by atoms with van der Waals surface area (Å²) in [5, 5.41) is 0. The highest BCUT2D eigenvalue weighted by molar-refractivity contribution is 7.92. The summed E-state index contributed by atoms with van der Waals surface area (Å²) in [6.07, 6.45) is 0.0355. The lowest BCUT2D eigenvalue weighted by molar-refractivity contribution is -0.0281. The first kappa shape index (κ1) is 18.9. The van der Waals surface area contributed by atoms with E-state index in [4.69, 9.17) is 4.74 Å². The minimum Gasteiger partial charge on any atom is -0.371 e. The van der Waals surface area contributed by atoms with E-state index in [1.807, 2.05) is 31.2 Å². The number of nitrogens with zero attached hydrogens (tertiary/aromatic N) is 1. The van der Waals surface area contributed by atoms with E-state index < -0.39 is 10.0 Å². The fourth-order valence-electron chi connectivity index (χ4n) is 3.16. The molecule has 5 nitrogen and oxygen atoms in total. The average Bonchev–Trinajstić information content (AvgIpc) is 2.64. The van der Waals surface area contributed by atoms with Crippen LogP contribution in [0.3, 0.4) is 0 Å². The minimum atomic E-state index is -3.61. The van der Waals surface area contributed by atoms with E-state index in [0.29, 0.717) is 10.6 Å². The van der Waals surface area contributed by atoms with Crippen molar-refractivity contribution < 1.29 is 13.2 Å². The third-order valence-electron chi connectivity index (χ3n) is 4.77. The highest BCUT2D eigenvalue weighted by Gasteiger charge is 2.21. The maximum absolute atomic E-state index is 12.7. The number of anilines is 1. The highest BCUT2D eigenvalue weighted by Crippen LogP contribution is 2.25. The monoisotopic (exact) mass is 374 g/mol. The Morgan fingerprint density at radius 3 is 2.58 bits per heavy atom. The molecule has 0 amide bonds. The lowest BCUT2D eigenvalue weighted by atomic mass is 10.1. The van der Waals surface area contributed by atoms with Crippen molar-refractivity contribution in [2.24, 2.45) is 0 Å². The second kappa shape index (κ2) is 7.78. The number of morpholine rings is 1. The van der Waals surface area contributed by atoms with Crippen LogP contribution in [0.25, 0.3) is 0 Å². The molecule has 26 heavy (non-hydrogen) atoms. The molecule has 1 aliphatic rings. The Hall–Kier alpha value is -1.89. The summed E-state index contributed by atoms with van der Waals surface area (Å²) >= 11 is 0. The Kier molecular flexibility index (Phi) is 5.65. The third-order valence-corrected chi connectivity index (χ3v) is 6.29. The Bertz CT molecular complexity index is 863. The number of aryl methyl sites for hydroxylation is 2. The minimum absolute atomic E-state index is 0.0355. The molecule has 0 aromatic heterocycles. The van der Waals surface area contributed by atoms with Gasteiger partial charge in [-0.3, -0.25) is 9.62 Å². The van der Waals surface area contributed by atoms with Crippen molar-refractivity contribution in [3.05, 3.63) is 59.2 Å². The van der Waals surface area contributed by atoms with Gasteiger partial charge in [-0.15, -0.1) is 0 Å². The van der Waals surface area contributed by atoms with Crippen LogP contribution >= 0.6 is 0 Å². The van der Waals surface area contributed by atoms with Crippen LogP contribution in [0.2, 0.25) is 0 Å². The normalized spacial score (nSPS) is 18.7. The van der Waals surface area contributed by atoms with Crippen molar-refractivity contribution in [3.8, 4) is 0 Å². The summed E-state index contributed by atoms with van der Waals surface area (Å²) in [5.74, 6) is 0. The predicted octanol–water partition coefficient (Wildman–Crippen LogP) is 3.50. The van der Waals surface area contributed by atoms with Gasteiger partial charge in [-0.25, -0.2) is 8.42 Å². The number of hydrogen-bond donors (Lipinski definition) is 1. The molecule has 0 saturated carbocycles. The number of benzene rings is 2. The van der Waals surface area contributed by atoms with E-state index in [0.717, 1.165) is 42.9 Å². The molecule has 1 atom stereocenters. The summed E-state index contributed by atoms with van der Waals surface area (Å²) in [6, 6.07) is 12.9. The molecule has 1 N–H and O–H groups in total. The van der Waals surface area contributed by atoms with E-state index in [1.54, 1.807) is 25.1 Å². The van der Waals surface area contributed by atoms with Gasteiger partial charge in [0.05, 0.1) is 17.6 Å². The standard InChI is InChI=1S/C20H26N2O3S/c1-4-22-11-12-25-19(14-22)17-7-9-18(10-8-17)21-26(23,24)20-13-15(2)5-6-16(20)3/h5-10,13,19,21H,4,11-12,14H2,1-3H3. The van der Waals surface area contributed by atoms with Crippen molar-refractivity contribution in [2.45, 2.75) is 31.8 Å². The van der Waals surface area contributed by atoms with E-state index in [1.165, 1.54) is 0 Å². The summed E-state index contributed by atoms with van der Waals surface area (Å²) in [7, 11) is -3.61. The number of likely N-dealkylation sites (N-methyl/N-ethyl adjacent to an activating group) is 1. The molecular weight excluding hydrogens is 348 g/mol. The van der Waals surface area contributed by atoms with Crippen molar-refractivity contribution in [1.82, 2.24) is 4.90 Å². The fraction of sp³-hybridized carbons (Fsp3) is 0.400. The summed E-state index contributed by atoms with van der Waals surface area (Å²) < 4.78 is 33.9. The highest BCUT2D eigenvalue weighted by atomic mass is 32.2. The zero-order valence-electron chi connectivity index (χ0n) is 15.5. The lowest BCUT2D eigenvalue weighted by Crippen LogP contribution is -2.38. The van der Waals surface area contributed by atoms with E-state index in [2.05, 4.69) is 16.5 Å². The van der Waals surface area contributed by atoms with Gasteiger partial charge >= 0.3 is 0 Å². The Morgan fingerprint density at radius 2 is 1.88 bits per heavy atom. The molecule has 1 heterocycles. The van der Waals surface area contributed by atoms with Crippen LogP contribution in [0.5, 0.6) is 0 Å². The van der Waals surface area contributed by atoms with Gasteiger partial charge in [-0.2, -0.15) is 0 Å². The largest absolute Gasteiger partial charge is 0.371 e. The van der Waals surface area contributed by atoms with Gasteiger partial charge in [0, 0.05) is 18.8 Å². The maximum Gasteiger partial charge on any atom is 0.262 e. The first-order chi connectivity index (χ1) is 12.4. The van der Waals surface area contributed by atoms with Crippen LogP contribution in [0, 0.1) is 13.8 Å². The molecule has 0 bridgehead atoms. The quantitative estimate of drug-likeness (QED) is 0.870. The number of nitrogens with one attached hydrogen (secondary N) is 1. The molecule has 140 valence electrons. The third kappa shape index (κ3) is 4.26. The van der Waals surface area contributed by atoms with Gasteiger partial charge in [0.15, 0.2) is 0 Å². The van der Waals surface area contributed by atoms with Gasteiger partial charge in [0.1, 0.15) is 0 Å². The number of rotatable bonds is 5. The molecule has 6 heteroatoms. The molecule has 1 aliphatic heterocycles. The number of ether oxygens (including phenoxy) is 1. The smallest absolute Gasteiger partial charge is 0.262 e. The first-order valence-corrected chi connectivity index (χ1v) is 10.4. The van der Waals surface area contributed by atoms with Gasteiger partial charge in [0.2, 0.25) is 0 Å². The maximum atomic E-state index is 12.7. The van der Waals surface area contributed by atoms with Crippen LogP contribution in [0.1, 0.15) is 29.7 Å². The molecule has 0 radical (unpaired) electrons. The second-order valence-corrected chi connectivity index (χ2v) is 8.40. The van der Waals surface area contributed by atoms with Gasteiger partial charge in [-0.05, 0) is 55.3 Å². The Balaban J connectivity index is 1.75. The fourth-order valence-corrected chi connectivity index (χ4v) is 4.55. The zero-order chi connectivity index (χ0) is 18.7. The Morgan fingerprint density at radius 1 is 1.15 bits per heavy atom. The number of hydrogen-bond acceptors (Lipinski definition) is 4. The Labute approximate surface area is 156 Å². The SMILES string of the molecule is CCN1CCOC(c2ccc(NS(=O)(=O)c3cc(C)ccc3C)cc2)C1. The van der Waals surface area contributed by atoms with E-state index in [9.17, 15) is 8.42 Å². The van der Waals surface area contributed by atoms with Gasteiger partial charge in [0.25, 0.3) is 10.0 Å². The molecule has 2 aromatic carbocycles. The van der Waals surface area contributed by atoms with E-state index in [-0.39, 0.29) is 6.10 Å². The lowest BCUT2D eigenvalue weighted by Gasteiger charge is -2.32. The molecule has 0 aliphatic carbocycles. The van der Waals surface area contributed by atoms with Crippen LogP contribution < -0.4 is 4.72 Å². The second-order valence-electron chi connectivity index (χ2n) is 6.75. The van der Waals surface area contributed by atoms with Gasteiger partial charge in [-0.1, -0.05) is 31.2 Å². The molecule has 3 rings (SSSR count). The molecule has 2 aromatic rings. The topological polar surface area (TPSA) is 58.6 Å². The van der Waals surface area contributed by atoms with Crippen LogP contribution in [-0.4, -0.2) is 39.6 Å². The molecular formula is C20H26N2O3S. The molecule has 0 spiro atoms. The van der Waals surface area contributed by atoms with Crippen LogP contribution in [0.15, 0.2) is 47.4 Å². The van der Waals surface area contributed by atoms with Crippen LogP contribution in [0.4, 0.5) is 5.69 Å². The van der Waals surface area contributed by atoms with Crippen molar-refractivity contribution in [3.63, 3.8) is 0 Å². The van der Waals surface area contributed by atoms with Crippen molar-refractivity contribution in [1.29, 1.82) is 0 Å². The summed E-state index contributed by atoms with van der Waals surface area (Å²) in [4.78, 5) is 2.67.